The maximum Gasteiger partial charge on any atom is 0.0562 e. The van der Waals surface area contributed by atoms with Crippen molar-refractivity contribution in [2.24, 2.45) is 0 Å². The van der Waals surface area contributed by atoms with Crippen LogP contribution in [-0.2, 0) is 0 Å². The van der Waals surface area contributed by atoms with Crippen molar-refractivity contribution in [2.75, 3.05) is 4.90 Å². The van der Waals surface area contributed by atoms with Crippen LogP contribution in [0.3, 0.4) is 0 Å². The molecule has 0 fully saturated rings. The molecule has 1 aromatic heterocycles. The van der Waals surface area contributed by atoms with Gasteiger partial charge < -0.3 is 9.47 Å². The Bertz CT molecular complexity index is 2930. The number of rotatable bonds is 8. The summed E-state index contributed by atoms with van der Waals surface area (Å²) in [4.78, 5) is 2.44. The Morgan fingerprint density at radius 2 is 0.821 bits per heavy atom. The van der Waals surface area contributed by atoms with Gasteiger partial charge in [-0.2, -0.15) is 0 Å². The Morgan fingerprint density at radius 3 is 1.46 bits per heavy atom. The fraction of sp³-hybridized carbons (Fsp3) is 0. The summed E-state index contributed by atoms with van der Waals surface area (Å²) in [6, 6.07) is 83.1. The highest BCUT2D eigenvalue weighted by atomic mass is 15.1. The third kappa shape index (κ3) is 6.04. The highest BCUT2D eigenvalue weighted by Crippen LogP contribution is 2.46. The number of anilines is 3. The molecule has 0 unspecified atom stereocenters. The standard InChI is InChI=1S/C54H38N2/c1-6-18-39(19-7-1)43-26-16-29-46(36-43)55(51-35-32-44(40-20-8-2-9-21-40)37-50(51)42-24-12-4-13-25-42)47-33-34-49-53(38-47)56(45-27-14-5-15-28-45)52-31-17-30-48(54(49)52)41-22-10-3-11-23-41/h1-38H. The van der Waals surface area contributed by atoms with E-state index in [1.807, 2.05) is 0 Å². The van der Waals surface area contributed by atoms with Crippen LogP contribution < -0.4 is 4.90 Å². The van der Waals surface area contributed by atoms with Gasteiger partial charge in [-0.05, 0) is 93.5 Å². The van der Waals surface area contributed by atoms with Crippen molar-refractivity contribution >= 4 is 38.9 Å². The summed E-state index contributed by atoms with van der Waals surface area (Å²) in [5.41, 5.74) is 16.2. The molecule has 0 saturated heterocycles. The van der Waals surface area contributed by atoms with Gasteiger partial charge in [0.1, 0.15) is 0 Å². The summed E-state index contributed by atoms with van der Waals surface area (Å²) in [5, 5.41) is 2.46. The zero-order valence-corrected chi connectivity index (χ0v) is 30.8. The minimum absolute atomic E-state index is 1.08. The van der Waals surface area contributed by atoms with E-state index in [-0.39, 0.29) is 0 Å². The minimum Gasteiger partial charge on any atom is -0.310 e. The summed E-state index contributed by atoms with van der Waals surface area (Å²) in [6.45, 7) is 0. The van der Waals surface area contributed by atoms with Gasteiger partial charge in [-0.25, -0.2) is 0 Å². The van der Waals surface area contributed by atoms with E-state index in [4.69, 9.17) is 0 Å². The first-order valence-corrected chi connectivity index (χ1v) is 19.2. The number of aromatic nitrogens is 1. The van der Waals surface area contributed by atoms with Gasteiger partial charge in [0, 0.05) is 33.4 Å². The van der Waals surface area contributed by atoms with Crippen molar-refractivity contribution in [2.45, 2.75) is 0 Å². The van der Waals surface area contributed by atoms with E-state index in [1.54, 1.807) is 0 Å². The van der Waals surface area contributed by atoms with E-state index >= 15 is 0 Å². The zero-order chi connectivity index (χ0) is 37.3. The van der Waals surface area contributed by atoms with E-state index in [0.29, 0.717) is 0 Å². The van der Waals surface area contributed by atoms with E-state index in [1.165, 1.54) is 49.7 Å². The average Bonchev–Trinajstić information content (AvgIpc) is 3.62. The quantitative estimate of drug-likeness (QED) is 0.152. The van der Waals surface area contributed by atoms with Gasteiger partial charge in [0.05, 0.1) is 16.7 Å². The highest BCUT2D eigenvalue weighted by Gasteiger charge is 2.22. The van der Waals surface area contributed by atoms with Crippen LogP contribution in [0, 0.1) is 0 Å². The first-order valence-electron chi connectivity index (χ1n) is 19.2. The molecule has 0 spiro atoms. The molecule has 0 radical (unpaired) electrons. The third-order valence-electron chi connectivity index (χ3n) is 10.8. The first kappa shape index (κ1) is 33.2. The molecule has 0 bridgehead atoms. The molecule has 0 aliphatic heterocycles. The second-order valence-corrected chi connectivity index (χ2v) is 14.2. The molecule has 2 nitrogen and oxygen atoms in total. The predicted octanol–water partition coefficient (Wildman–Crippen LogP) is 14.9. The summed E-state index contributed by atoms with van der Waals surface area (Å²) >= 11 is 0. The molecule has 10 rings (SSSR count). The van der Waals surface area contributed by atoms with Gasteiger partial charge in [0.25, 0.3) is 0 Å². The maximum atomic E-state index is 2.44. The number of hydrogen-bond donors (Lipinski definition) is 0. The van der Waals surface area contributed by atoms with Crippen LogP contribution in [0.2, 0.25) is 0 Å². The highest BCUT2D eigenvalue weighted by molar-refractivity contribution is 6.16. The van der Waals surface area contributed by atoms with Gasteiger partial charge in [0.15, 0.2) is 0 Å². The van der Waals surface area contributed by atoms with E-state index in [2.05, 4.69) is 240 Å². The van der Waals surface area contributed by atoms with Crippen molar-refractivity contribution in [3.8, 4) is 50.2 Å². The summed E-state index contributed by atoms with van der Waals surface area (Å²) in [7, 11) is 0. The summed E-state index contributed by atoms with van der Waals surface area (Å²) in [6.07, 6.45) is 0. The lowest BCUT2D eigenvalue weighted by atomic mass is 9.95. The number of fused-ring (bicyclic) bond motifs is 3. The molecule has 264 valence electrons. The topological polar surface area (TPSA) is 8.17 Å². The Kier molecular flexibility index (Phi) is 8.55. The molecule has 0 aliphatic rings. The molecule has 9 aromatic carbocycles. The normalized spacial score (nSPS) is 11.2. The monoisotopic (exact) mass is 714 g/mol. The van der Waals surface area contributed by atoms with Crippen LogP contribution in [0.15, 0.2) is 231 Å². The Balaban J connectivity index is 1.26. The number of hydrogen-bond acceptors (Lipinski definition) is 1. The number of para-hydroxylation sites is 1. The van der Waals surface area contributed by atoms with Crippen molar-refractivity contribution in [1.82, 2.24) is 4.57 Å². The third-order valence-corrected chi connectivity index (χ3v) is 10.8. The number of benzene rings is 9. The molecule has 0 saturated carbocycles. The fourth-order valence-electron chi connectivity index (χ4n) is 8.18. The van der Waals surface area contributed by atoms with Crippen molar-refractivity contribution in [3.63, 3.8) is 0 Å². The second-order valence-electron chi connectivity index (χ2n) is 14.2. The molecule has 0 N–H and O–H groups in total. The molecule has 0 atom stereocenters. The number of nitrogens with zero attached hydrogens (tertiary/aromatic N) is 2. The van der Waals surface area contributed by atoms with Crippen LogP contribution in [0.25, 0.3) is 72.0 Å². The van der Waals surface area contributed by atoms with Crippen molar-refractivity contribution < 1.29 is 0 Å². The lowest BCUT2D eigenvalue weighted by molar-refractivity contribution is 1.18. The molecule has 56 heavy (non-hydrogen) atoms. The zero-order valence-electron chi connectivity index (χ0n) is 30.8. The molecule has 0 aliphatic carbocycles. The Hall–Kier alpha value is -7.42. The van der Waals surface area contributed by atoms with Crippen LogP contribution in [0.4, 0.5) is 17.1 Å². The Labute approximate surface area is 327 Å². The molecule has 0 amide bonds. The van der Waals surface area contributed by atoms with Gasteiger partial charge in [-0.3, -0.25) is 0 Å². The van der Waals surface area contributed by atoms with E-state index in [9.17, 15) is 0 Å². The SMILES string of the molecule is c1ccc(-c2cccc(N(c3ccc4c5c(-c6ccccc6)cccc5n(-c5ccccc5)c4c3)c3ccc(-c4ccccc4)cc3-c3ccccc3)c2)cc1. The van der Waals surface area contributed by atoms with Crippen LogP contribution in [0.1, 0.15) is 0 Å². The van der Waals surface area contributed by atoms with Gasteiger partial charge in [-0.15, -0.1) is 0 Å². The molecule has 10 aromatic rings. The van der Waals surface area contributed by atoms with Crippen molar-refractivity contribution in [1.29, 1.82) is 0 Å². The van der Waals surface area contributed by atoms with E-state index < -0.39 is 0 Å². The van der Waals surface area contributed by atoms with E-state index in [0.717, 1.165) is 39.4 Å². The summed E-state index contributed by atoms with van der Waals surface area (Å²) in [5.74, 6) is 0. The van der Waals surface area contributed by atoms with Crippen LogP contribution in [0.5, 0.6) is 0 Å². The molecular weight excluding hydrogens is 677 g/mol. The lowest BCUT2D eigenvalue weighted by Crippen LogP contribution is -2.11. The van der Waals surface area contributed by atoms with Gasteiger partial charge in [-0.1, -0.05) is 176 Å². The van der Waals surface area contributed by atoms with Crippen molar-refractivity contribution in [3.05, 3.63) is 231 Å². The predicted molar refractivity (Wildman–Crippen MR) is 237 cm³/mol. The van der Waals surface area contributed by atoms with Gasteiger partial charge in [0.2, 0.25) is 0 Å². The smallest absolute Gasteiger partial charge is 0.0562 e. The van der Waals surface area contributed by atoms with Crippen LogP contribution >= 0.6 is 0 Å². The summed E-state index contributed by atoms with van der Waals surface area (Å²) < 4.78 is 2.43. The second kappa shape index (κ2) is 14.4. The largest absolute Gasteiger partial charge is 0.310 e. The molecule has 2 heteroatoms. The lowest BCUT2D eigenvalue weighted by Gasteiger charge is -2.29. The molecule has 1 heterocycles. The van der Waals surface area contributed by atoms with Crippen LogP contribution in [-0.4, -0.2) is 4.57 Å². The van der Waals surface area contributed by atoms with Gasteiger partial charge >= 0.3 is 0 Å². The fourth-order valence-corrected chi connectivity index (χ4v) is 8.18. The maximum absolute atomic E-state index is 2.44. The average molecular weight is 715 g/mol. The minimum atomic E-state index is 1.08. The molecular formula is C54H38N2. The Morgan fingerprint density at radius 1 is 0.304 bits per heavy atom. The first-order chi connectivity index (χ1) is 27.8.